The van der Waals surface area contributed by atoms with Crippen LogP contribution in [0.4, 0.5) is 0 Å². The molecule has 2 nitrogen and oxygen atoms in total. The lowest BCUT2D eigenvalue weighted by Crippen LogP contribution is -1.95. The van der Waals surface area contributed by atoms with Crippen LogP contribution in [0.25, 0.3) is 5.57 Å². The summed E-state index contributed by atoms with van der Waals surface area (Å²) in [6.45, 7) is 2.04. The number of fused-ring (bicyclic) bond motifs is 1. The van der Waals surface area contributed by atoms with Gasteiger partial charge in [0, 0.05) is 0 Å². The third kappa shape index (κ3) is 1.81. The molecule has 1 aliphatic carbocycles. The van der Waals surface area contributed by atoms with Crippen molar-refractivity contribution in [3.63, 3.8) is 0 Å². The highest BCUT2D eigenvalue weighted by Gasteiger charge is 2.13. The van der Waals surface area contributed by atoms with E-state index in [0.717, 1.165) is 41.7 Å². The minimum atomic E-state index is 0.783. The van der Waals surface area contributed by atoms with Gasteiger partial charge in [-0.05, 0) is 48.9 Å². The third-order valence-electron chi connectivity index (χ3n) is 3.03. The number of benzene rings is 1. The van der Waals surface area contributed by atoms with E-state index >= 15 is 0 Å². The van der Waals surface area contributed by atoms with Crippen LogP contribution in [0.3, 0.4) is 0 Å². The second kappa shape index (κ2) is 4.40. The summed E-state index contributed by atoms with van der Waals surface area (Å²) in [7, 11) is 1.67. The molecule has 0 atom stereocenters. The van der Waals surface area contributed by atoms with Crippen LogP contribution in [0.1, 0.15) is 29.5 Å². The first-order valence-electron chi connectivity index (χ1n) is 5.54. The molecule has 16 heavy (non-hydrogen) atoms. The van der Waals surface area contributed by atoms with E-state index in [1.54, 1.807) is 7.11 Å². The van der Waals surface area contributed by atoms with Crippen molar-refractivity contribution in [3.8, 4) is 11.8 Å². The molecule has 0 bridgehead atoms. The predicted molar refractivity (Wildman–Crippen MR) is 64.3 cm³/mol. The molecule has 0 saturated carbocycles. The van der Waals surface area contributed by atoms with Gasteiger partial charge in [0.05, 0.1) is 18.8 Å². The number of allylic oxidation sites excluding steroid dienone is 2. The zero-order valence-electron chi connectivity index (χ0n) is 9.71. The minimum Gasteiger partial charge on any atom is -0.496 e. The van der Waals surface area contributed by atoms with Crippen LogP contribution >= 0.6 is 0 Å². The molecule has 0 N–H and O–H groups in total. The first-order valence-corrected chi connectivity index (χ1v) is 5.54. The molecule has 82 valence electrons. The highest BCUT2D eigenvalue weighted by molar-refractivity contribution is 5.80. The van der Waals surface area contributed by atoms with Gasteiger partial charge in [-0.15, -0.1) is 0 Å². The Labute approximate surface area is 96.2 Å². The van der Waals surface area contributed by atoms with Crippen molar-refractivity contribution >= 4 is 5.57 Å². The molecular formula is C14H15NO. The van der Waals surface area contributed by atoms with Gasteiger partial charge in [-0.1, -0.05) is 12.1 Å². The minimum absolute atomic E-state index is 0.783. The SMILES string of the molecule is COc1cc2c(cc1C)CCCC=C2C#N. The fourth-order valence-corrected chi connectivity index (χ4v) is 2.18. The van der Waals surface area contributed by atoms with Crippen LogP contribution in [0.5, 0.6) is 5.75 Å². The number of aryl methyl sites for hydroxylation is 2. The van der Waals surface area contributed by atoms with Crippen molar-refractivity contribution in [1.29, 1.82) is 5.26 Å². The summed E-state index contributed by atoms with van der Waals surface area (Å²) in [6, 6.07) is 6.41. The molecule has 0 radical (unpaired) electrons. The molecule has 0 spiro atoms. The maximum atomic E-state index is 9.14. The highest BCUT2D eigenvalue weighted by Crippen LogP contribution is 2.31. The number of hydrogen-bond acceptors (Lipinski definition) is 2. The Bertz CT molecular complexity index is 480. The molecule has 1 aromatic rings. The number of hydrogen-bond donors (Lipinski definition) is 0. The number of nitriles is 1. The average Bonchev–Trinajstić information content (AvgIpc) is 2.49. The van der Waals surface area contributed by atoms with Gasteiger partial charge in [0.15, 0.2) is 0 Å². The van der Waals surface area contributed by atoms with Crippen molar-refractivity contribution in [2.75, 3.05) is 7.11 Å². The molecule has 2 rings (SSSR count). The molecule has 0 unspecified atom stereocenters. The second-order valence-corrected chi connectivity index (χ2v) is 4.10. The number of ether oxygens (including phenoxy) is 1. The molecule has 0 amide bonds. The van der Waals surface area contributed by atoms with Gasteiger partial charge in [-0.3, -0.25) is 0 Å². The van der Waals surface area contributed by atoms with E-state index in [4.69, 9.17) is 10.00 Å². The summed E-state index contributed by atoms with van der Waals surface area (Å²) in [6.07, 6.45) is 5.17. The van der Waals surface area contributed by atoms with E-state index in [9.17, 15) is 0 Å². The summed E-state index contributed by atoms with van der Waals surface area (Å²) >= 11 is 0. The smallest absolute Gasteiger partial charge is 0.122 e. The van der Waals surface area contributed by atoms with E-state index in [1.165, 1.54) is 5.56 Å². The van der Waals surface area contributed by atoms with Crippen LogP contribution in [0.2, 0.25) is 0 Å². The Morgan fingerprint density at radius 1 is 1.38 bits per heavy atom. The maximum absolute atomic E-state index is 9.14. The third-order valence-corrected chi connectivity index (χ3v) is 3.03. The Morgan fingerprint density at radius 2 is 2.19 bits per heavy atom. The molecule has 1 aliphatic rings. The van der Waals surface area contributed by atoms with E-state index in [1.807, 2.05) is 19.1 Å². The Hall–Kier alpha value is -1.75. The molecular weight excluding hydrogens is 198 g/mol. The van der Waals surface area contributed by atoms with Gasteiger partial charge < -0.3 is 4.74 Å². The van der Waals surface area contributed by atoms with Crippen molar-refractivity contribution in [3.05, 3.63) is 34.9 Å². The van der Waals surface area contributed by atoms with Gasteiger partial charge in [-0.2, -0.15) is 5.26 Å². The van der Waals surface area contributed by atoms with Crippen LogP contribution in [0.15, 0.2) is 18.2 Å². The fraction of sp³-hybridized carbons (Fsp3) is 0.357. The second-order valence-electron chi connectivity index (χ2n) is 4.10. The largest absolute Gasteiger partial charge is 0.496 e. The Morgan fingerprint density at radius 3 is 2.88 bits per heavy atom. The highest BCUT2D eigenvalue weighted by atomic mass is 16.5. The summed E-state index contributed by atoms with van der Waals surface area (Å²) in [5.41, 5.74) is 4.23. The van der Waals surface area contributed by atoms with Crippen molar-refractivity contribution < 1.29 is 4.74 Å². The van der Waals surface area contributed by atoms with Gasteiger partial charge in [-0.25, -0.2) is 0 Å². The monoisotopic (exact) mass is 213 g/mol. The van der Waals surface area contributed by atoms with E-state index < -0.39 is 0 Å². The Balaban J connectivity index is 2.60. The zero-order chi connectivity index (χ0) is 11.5. The molecule has 2 heteroatoms. The van der Waals surface area contributed by atoms with Crippen LogP contribution in [0, 0.1) is 18.3 Å². The lowest BCUT2D eigenvalue weighted by atomic mass is 9.97. The number of methoxy groups -OCH3 is 1. The van der Waals surface area contributed by atoms with E-state index in [2.05, 4.69) is 12.1 Å². The number of rotatable bonds is 1. The molecule has 0 aromatic heterocycles. The normalized spacial score (nSPS) is 14.4. The van der Waals surface area contributed by atoms with Crippen LogP contribution in [-0.2, 0) is 6.42 Å². The molecule has 0 aliphatic heterocycles. The summed E-state index contributed by atoms with van der Waals surface area (Å²) in [4.78, 5) is 0. The lowest BCUT2D eigenvalue weighted by Gasteiger charge is -2.11. The number of nitrogens with zero attached hydrogens (tertiary/aromatic N) is 1. The first kappa shape index (κ1) is 10.8. The van der Waals surface area contributed by atoms with Crippen LogP contribution < -0.4 is 4.74 Å². The Kier molecular flexibility index (Phi) is 2.96. The average molecular weight is 213 g/mol. The summed E-state index contributed by atoms with van der Waals surface area (Å²) < 4.78 is 5.31. The van der Waals surface area contributed by atoms with Crippen molar-refractivity contribution in [2.24, 2.45) is 0 Å². The quantitative estimate of drug-likeness (QED) is 0.717. The summed E-state index contributed by atoms with van der Waals surface area (Å²) in [5.74, 6) is 0.863. The predicted octanol–water partition coefficient (Wildman–Crippen LogP) is 3.25. The van der Waals surface area contributed by atoms with Crippen LogP contribution in [-0.4, -0.2) is 7.11 Å². The zero-order valence-corrected chi connectivity index (χ0v) is 9.71. The van der Waals surface area contributed by atoms with Gasteiger partial charge in [0.2, 0.25) is 0 Å². The summed E-state index contributed by atoms with van der Waals surface area (Å²) in [5, 5.41) is 9.14. The first-order chi connectivity index (χ1) is 7.76. The van der Waals surface area contributed by atoms with Crippen molar-refractivity contribution in [2.45, 2.75) is 26.2 Å². The van der Waals surface area contributed by atoms with Gasteiger partial charge in [0.1, 0.15) is 5.75 Å². The lowest BCUT2D eigenvalue weighted by molar-refractivity contribution is 0.411. The fourth-order valence-electron chi connectivity index (χ4n) is 2.18. The molecule has 0 saturated heterocycles. The molecule has 0 heterocycles. The topological polar surface area (TPSA) is 33.0 Å². The standard InChI is InChI=1S/C14H15NO/c1-10-7-11-5-3-4-6-12(9-15)13(11)8-14(10)16-2/h6-8H,3-5H2,1-2H3. The maximum Gasteiger partial charge on any atom is 0.122 e. The van der Waals surface area contributed by atoms with Crippen molar-refractivity contribution in [1.82, 2.24) is 0 Å². The molecule has 1 aromatic carbocycles. The van der Waals surface area contributed by atoms with Gasteiger partial charge in [0.25, 0.3) is 0 Å². The van der Waals surface area contributed by atoms with E-state index in [0.29, 0.717) is 0 Å². The molecule has 0 fully saturated rings. The van der Waals surface area contributed by atoms with Gasteiger partial charge >= 0.3 is 0 Å². The van der Waals surface area contributed by atoms with E-state index in [-0.39, 0.29) is 0 Å².